The molecule has 20 heavy (non-hydrogen) atoms. The molecule has 106 valence electrons. The number of aryl methyl sites for hydroxylation is 1. The first-order valence-electron chi connectivity index (χ1n) is 6.51. The van der Waals surface area contributed by atoms with Crippen molar-refractivity contribution in [3.63, 3.8) is 0 Å². The van der Waals surface area contributed by atoms with Crippen LogP contribution in [0, 0.1) is 0 Å². The Morgan fingerprint density at radius 1 is 1.35 bits per heavy atom. The van der Waals surface area contributed by atoms with Gasteiger partial charge in [-0.3, -0.25) is 4.79 Å². The summed E-state index contributed by atoms with van der Waals surface area (Å²) in [6.45, 7) is 4.04. The molecule has 0 aliphatic rings. The molecule has 7 heteroatoms. The Kier molecular flexibility index (Phi) is 4.73. The van der Waals surface area contributed by atoms with Crippen molar-refractivity contribution in [1.29, 1.82) is 0 Å². The quantitative estimate of drug-likeness (QED) is 0.644. The van der Waals surface area contributed by atoms with Gasteiger partial charge in [0.25, 0.3) is 5.56 Å². The number of aromatic nitrogens is 4. The molecule has 0 spiro atoms. The van der Waals surface area contributed by atoms with E-state index >= 15 is 0 Å². The largest absolute Gasteiger partial charge is 0.383 e. The van der Waals surface area contributed by atoms with Crippen molar-refractivity contribution < 1.29 is 0 Å². The summed E-state index contributed by atoms with van der Waals surface area (Å²) in [5.41, 5.74) is 7.36. The number of nitrogen functional groups attached to an aromatic ring is 1. The monoisotopic (exact) mass is 291 g/mol. The highest BCUT2D eigenvalue weighted by Crippen LogP contribution is 2.27. The van der Waals surface area contributed by atoms with Crippen molar-refractivity contribution >= 4 is 17.6 Å². The van der Waals surface area contributed by atoms with Crippen molar-refractivity contribution in [1.82, 2.24) is 19.9 Å². The lowest BCUT2D eigenvalue weighted by Gasteiger charge is -2.08. The van der Waals surface area contributed by atoms with Crippen LogP contribution in [0.25, 0.3) is 0 Å². The van der Waals surface area contributed by atoms with Crippen LogP contribution in [-0.4, -0.2) is 19.9 Å². The average Bonchev–Trinajstić information content (AvgIpc) is 2.38. The van der Waals surface area contributed by atoms with Crippen molar-refractivity contribution in [2.45, 2.75) is 43.3 Å². The molecule has 3 N–H and O–H groups in total. The summed E-state index contributed by atoms with van der Waals surface area (Å²) in [5.74, 6) is 0.469. The molecule has 0 aromatic carbocycles. The highest BCUT2D eigenvalue weighted by molar-refractivity contribution is 7.99. The molecular weight excluding hydrogens is 274 g/mol. The van der Waals surface area contributed by atoms with E-state index in [1.807, 2.05) is 6.92 Å². The SMILES string of the molecule is CCCc1cc(=O)[nH]c(Sc2ncnc(N)c2CC)n1. The van der Waals surface area contributed by atoms with Crippen LogP contribution < -0.4 is 11.3 Å². The summed E-state index contributed by atoms with van der Waals surface area (Å²) in [4.78, 5) is 27.0. The zero-order valence-corrected chi connectivity index (χ0v) is 12.3. The first kappa shape index (κ1) is 14.5. The summed E-state index contributed by atoms with van der Waals surface area (Å²) in [5, 5.41) is 1.27. The number of nitrogens with two attached hydrogens (primary N) is 1. The van der Waals surface area contributed by atoms with Crippen molar-refractivity contribution in [3.05, 3.63) is 34.0 Å². The minimum absolute atomic E-state index is 0.147. The van der Waals surface area contributed by atoms with Gasteiger partial charge in [-0.2, -0.15) is 0 Å². The van der Waals surface area contributed by atoms with Crippen LogP contribution in [0.4, 0.5) is 5.82 Å². The smallest absolute Gasteiger partial charge is 0.251 e. The van der Waals surface area contributed by atoms with Crippen molar-refractivity contribution in [2.75, 3.05) is 5.73 Å². The van der Waals surface area contributed by atoms with Gasteiger partial charge in [0, 0.05) is 17.3 Å². The van der Waals surface area contributed by atoms with E-state index < -0.39 is 0 Å². The van der Waals surface area contributed by atoms with E-state index in [1.165, 1.54) is 24.2 Å². The molecule has 0 aliphatic carbocycles. The molecule has 0 aliphatic heterocycles. The third-order valence-electron chi connectivity index (χ3n) is 2.77. The average molecular weight is 291 g/mol. The highest BCUT2D eigenvalue weighted by atomic mass is 32.2. The third-order valence-corrected chi connectivity index (χ3v) is 3.70. The molecule has 2 aromatic heterocycles. The molecule has 2 aromatic rings. The summed E-state index contributed by atoms with van der Waals surface area (Å²) in [7, 11) is 0. The maximum absolute atomic E-state index is 11.6. The second-order valence-corrected chi connectivity index (χ2v) is 5.27. The number of hydrogen-bond donors (Lipinski definition) is 2. The van der Waals surface area contributed by atoms with E-state index in [0.29, 0.717) is 11.0 Å². The number of anilines is 1. The number of nitrogens with zero attached hydrogens (tertiary/aromatic N) is 3. The summed E-state index contributed by atoms with van der Waals surface area (Å²) >= 11 is 1.31. The van der Waals surface area contributed by atoms with E-state index in [2.05, 4.69) is 26.9 Å². The predicted molar refractivity (Wildman–Crippen MR) is 78.8 cm³/mol. The van der Waals surface area contributed by atoms with Crippen LogP contribution in [0.5, 0.6) is 0 Å². The lowest BCUT2D eigenvalue weighted by atomic mass is 10.2. The Morgan fingerprint density at radius 3 is 2.85 bits per heavy atom. The van der Waals surface area contributed by atoms with E-state index in [9.17, 15) is 4.79 Å². The zero-order chi connectivity index (χ0) is 14.5. The van der Waals surface area contributed by atoms with Gasteiger partial charge in [0.05, 0.1) is 0 Å². The Balaban J connectivity index is 2.35. The minimum Gasteiger partial charge on any atom is -0.383 e. The second kappa shape index (κ2) is 6.51. The summed E-state index contributed by atoms with van der Waals surface area (Å²) in [6, 6.07) is 1.53. The molecule has 0 amide bonds. The van der Waals surface area contributed by atoms with E-state index in [0.717, 1.165) is 35.5 Å². The number of H-pyrrole nitrogens is 1. The standard InChI is InChI=1S/C13H17N5OS/c1-3-5-8-6-10(19)18-13(17-8)20-12-9(4-2)11(14)15-7-16-12/h6-7H,3-5H2,1-2H3,(H2,14,15,16)(H,17,18,19). The zero-order valence-electron chi connectivity index (χ0n) is 11.5. The van der Waals surface area contributed by atoms with Crippen LogP contribution in [0.2, 0.25) is 0 Å². The van der Waals surface area contributed by atoms with Crippen LogP contribution in [0.3, 0.4) is 0 Å². The number of hydrogen-bond acceptors (Lipinski definition) is 6. The lowest BCUT2D eigenvalue weighted by molar-refractivity contribution is 0.813. The van der Waals surface area contributed by atoms with E-state index in [4.69, 9.17) is 5.73 Å². The van der Waals surface area contributed by atoms with Crippen molar-refractivity contribution in [3.8, 4) is 0 Å². The molecule has 0 fully saturated rings. The normalized spacial score (nSPS) is 10.7. The Bertz CT molecular complexity index is 655. The van der Waals surface area contributed by atoms with Crippen LogP contribution >= 0.6 is 11.8 Å². The fraction of sp³-hybridized carbons (Fsp3) is 0.385. The van der Waals surface area contributed by atoms with Gasteiger partial charge in [-0.1, -0.05) is 20.3 Å². The molecular formula is C13H17N5OS. The molecule has 0 saturated heterocycles. The first-order chi connectivity index (χ1) is 9.63. The molecule has 0 saturated carbocycles. The third kappa shape index (κ3) is 3.36. The first-order valence-corrected chi connectivity index (χ1v) is 7.33. The van der Waals surface area contributed by atoms with Gasteiger partial charge in [-0.15, -0.1) is 0 Å². The fourth-order valence-electron chi connectivity index (χ4n) is 1.84. The maximum atomic E-state index is 11.6. The van der Waals surface area contributed by atoms with Crippen LogP contribution in [0.1, 0.15) is 31.5 Å². The Hall–Kier alpha value is -1.89. The fourth-order valence-corrected chi connectivity index (χ4v) is 2.81. The molecule has 2 heterocycles. The van der Waals surface area contributed by atoms with Gasteiger partial charge < -0.3 is 10.7 Å². The lowest BCUT2D eigenvalue weighted by Crippen LogP contribution is -2.10. The molecule has 0 atom stereocenters. The molecule has 0 radical (unpaired) electrons. The van der Waals surface area contributed by atoms with Crippen molar-refractivity contribution in [2.24, 2.45) is 0 Å². The van der Waals surface area contributed by atoms with Gasteiger partial charge in [0.15, 0.2) is 5.16 Å². The Labute approximate surface area is 121 Å². The number of rotatable bonds is 5. The summed E-state index contributed by atoms with van der Waals surface area (Å²) < 4.78 is 0. The van der Waals surface area contributed by atoms with Crippen LogP contribution in [-0.2, 0) is 12.8 Å². The number of aromatic amines is 1. The van der Waals surface area contributed by atoms with Gasteiger partial charge in [0.1, 0.15) is 17.2 Å². The molecule has 0 bridgehead atoms. The van der Waals surface area contributed by atoms with Gasteiger partial charge in [-0.25, -0.2) is 15.0 Å². The topological polar surface area (TPSA) is 97.5 Å². The minimum atomic E-state index is -0.147. The second-order valence-electron chi connectivity index (χ2n) is 4.29. The summed E-state index contributed by atoms with van der Waals surface area (Å²) in [6.07, 6.45) is 3.88. The van der Waals surface area contributed by atoms with Crippen LogP contribution in [0.15, 0.2) is 27.4 Å². The molecule has 0 unspecified atom stereocenters. The van der Waals surface area contributed by atoms with Gasteiger partial charge in [-0.05, 0) is 24.6 Å². The molecule has 6 nitrogen and oxygen atoms in total. The predicted octanol–water partition coefficient (Wildman–Crippen LogP) is 1.81. The van der Waals surface area contributed by atoms with Gasteiger partial charge >= 0.3 is 0 Å². The Morgan fingerprint density at radius 2 is 2.15 bits per heavy atom. The molecule has 2 rings (SSSR count). The van der Waals surface area contributed by atoms with E-state index in [-0.39, 0.29) is 5.56 Å². The van der Waals surface area contributed by atoms with Gasteiger partial charge in [0.2, 0.25) is 0 Å². The maximum Gasteiger partial charge on any atom is 0.251 e. The highest BCUT2D eigenvalue weighted by Gasteiger charge is 2.11. The van der Waals surface area contributed by atoms with E-state index in [1.54, 1.807) is 0 Å². The number of nitrogens with one attached hydrogen (secondary N) is 1.